The molecule has 0 radical (unpaired) electrons. The first-order valence-electron chi connectivity index (χ1n) is 6.23. The average Bonchev–Trinajstić information content (AvgIpc) is 2.29. The minimum atomic E-state index is 0.0911. The van der Waals surface area contributed by atoms with Crippen LogP contribution >= 0.6 is 0 Å². The fourth-order valence-electron chi connectivity index (χ4n) is 2.20. The van der Waals surface area contributed by atoms with Crippen molar-refractivity contribution in [2.24, 2.45) is 5.73 Å². The first-order valence-corrected chi connectivity index (χ1v) is 6.23. The van der Waals surface area contributed by atoms with Crippen LogP contribution in [0.1, 0.15) is 30.5 Å². The normalized spacial score (nSPS) is 14.9. The van der Waals surface area contributed by atoms with E-state index >= 15 is 0 Å². The van der Waals surface area contributed by atoms with Crippen LogP contribution in [0.5, 0.6) is 0 Å². The van der Waals surface area contributed by atoms with Crippen LogP contribution in [0.15, 0.2) is 24.3 Å². The maximum absolute atomic E-state index is 9.06. The number of hydrogen-bond acceptors (Lipinski definition) is 3. The average molecular weight is 236 g/mol. The zero-order chi connectivity index (χ0) is 12.8. The van der Waals surface area contributed by atoms with Crippen molar-refractivity contribution in [3.8, 4) is 0 Å². The summed E-state index contributed by atoms with van der Waals surface area (Å²) in [7, 11) is 2.01. The van der Waals surface area contributed by atoms with Gasteiger partial charge in [-0.2, -0.15) is 0 Å². The lowest BCUT2D eigenvalue weighted by molar-refractivity contribution is 0.162. The number of nitrogens with zero attached hydrogens (tertiary/aromatic N) is 1. The molecular formula is C14H24N2O. The van der Waals surface area contributed by atoms with Gasteiger partial charge in [0.05, 0.1) is 6.61 Å². The second-order valence-electron chi connectivity index (χ2n) is 4.64. The molecule has 0 saturated heterocycles. The van der Waals surface area contributed by atoms with Crippen molar-refractivity contribution in [3.05, 3.63) is 35.4 Å². The Bertz CT molecular complexity index is 341. The van der Waals surface area contributed by atoms with Gasteiger partial charge in [-0.05, 0) is 26.0 Å². The monoisotopic (exact) mass is 236 g/mol. The quantitative estimate of drug-likeness (QED) is 0.790. The van der Waals surface area contributed by atoms with Crippen LogP contribution in [0.25, 0.3) is 0 Å². The van der Waals surface area contributed by atoms with E-state index in [1.54, 1.807) is 0 Å². The molecular weight excluding hydrogens is 212 g/mol. The molecule has 0 saturated carbocycles. The number of aryl methyl sites for hydroxylation is 1. The molecule has 2 unspecified atom stereocenters. The third-order valence-electron chi connectivity index (χ3n) is 3.19. The van der Waals surface area contributed by atoms with Crippen molar-refractivity contribution in [3.63, 3.8) is 0 Å². The molecule has 0 aromatic heterocycles. The van der Waals surface area contributed by atoms with Crippen LogP contribution in [-0.2, 0) is 0 Å². The summed E-state index contributed by atoms with van der Waals surface area (Å²) < 4.78 is 0. The van der Waals surface area contributed by atoms with Crippen LogP contribution in [0.3, 0.4) is 0 Å². The zero-order valence-electron chi connectivity index (χ0n) is 11.1. The Morgan fingerprint density at radius 2 is 2.12 bits per heavy atom. The molecule has 96 valence electrons. The van der Waals surface area contributed by atoms with Crippen molar-refractivity contribution < 1.29 is 5.11 Å². The van der Waals surface area contributed by atoms with E-state index in [0.717, 1.165) is 6.42 Å². The van der Waals surface area contributed by atoms with Gasteiger partial charge in [0.15, 0.2) is 0 Å². The summed E-state index contributed by atoms with van der Waals surface area (Å²) in [5.74, 6) is 0. The van der Waals surface area contributed by atoms with Gasteiger partial charge in [0.1, 0.15) is 0 Å². The van der Waals surface area contributed by atoms with E-state index in [2.05, 4.69) is 43.0 Å². The SMILES string of the molecule is CCC(N)C(c1cccc(C)c1)N(C)CCO. The molecule has 3 N–H and O–H groups in total. The molecule has 3 heteroatoms. The molecule has 0 amide bonds. The van der Waals surface area contributed by atoms with Crippen molar-refractivity contribution >= 4 is 0 Å². The van der Waals surface area contributed by atoms with E-state index < -0.39 is 0 Å². The lowest BCUT2D eigenvalue weighted by atomic mass is 9.95. The molecule has 0 bridgehead atoms. The largest absolute Gasteiger partial charge is 0.395 e. The Morgan fingerprint density at radius 3 is 2.65 bits per heavy atom. The Balaban J connectivity index is 2.97. The van der Waals surface area contributed by atoms with Crippen molar-refractivity contribution in [1.82, 2.24) is 4.90 Å². The molecule has 0 aliphatic carbocycles. The summed E-state index contributed by atoms with van der Waals surface area (Å²) in [4.78, 5) is 2.13. The second-order valence-corrected chi connectivity index (χ2v) is 4.64. The molecule has 0 aliphatic heterocycles. The Hall–Kier alpha value is -0.900. The molecule has 0 heterocycles. The Kier molecular flexibility index (Phi) is 5.62. The van der Waals surface area contributed by atoms with Crippen LogP contribution in [-0.4, -0.2) is 36.2 Å². The van der Waals surface area contributed by atoms with E-state index in [1.807, 2.05) is 7.05 Å². The van der Waals surface area contributed by atoms with E-state index in [4.69, 9.17) is 10.8 Å². The lowest BCUT2D eigenvalue weighted by Crippen LogP contribution is -2.40. The maximum atomic E-state index is 9.06. The number of benzene rings is 1. The summed E-state index contributed by atoms with van der Waals surface area (Å²) in [5.41, 5.74) is 8.68. The molecule has 1 rings (SSSR count). The second kappa shape index (κ2) is 6.74. The highest BCUT2D eigenvalue weighted by atomic mass is 16.3. The van der Waals surface area contributed by atoms with Gasteiger partial charge in [-0.1, -0.05) is 36.8 Å². The molecule has 0 fully saturated rings. The maximum Gasteiger partial charge on any atom is 0.0558 e. The van der Waals surface area contributed by atoms with Gasteiger partial charge in [-0.25, -0.2) is 0 Å². The van der Waals surface area contributed by atoms with E-state index in [1.165, 1.54) is 11.1 Å². The molecule has 2 atom stereocenters. The van der Waals surface area contributed by atoms with E-state index in [-0.39, 0.29) is 18.7 Å². The van der Waals surface area contributed by atoms with Crippen LogP contribution in [0.4, 0.5) is 0 Å². The van der Waals surface area contributed by atoms with Gasteiger partial charge in [0.25, 0.3) is 0 Å². The minimum absolute atomic E-state index is 0.0911. The van der Waals surface area contributed by atoms with Gasteiger partial charge in [0, 0.05) is 18.6 Å². The predicted molar refractivity (Wildman–Crippen MR) is 71.9 cm³/mol. The first-order chi connectivity index (χ1) is 8.10. The highest BCUT2D eigenvalue weighted by molar-refractivity contribution is 5.26. The number of aliphatic hydroxyl groups excluding tert-OH is 1. The molecule has 1 aromatic rings. The molecule has 0 spiro atoms. The van der Waals surface area contributed by atoms with Crippen molar-refractivity contribution in [2.45, 2.75) is 32.4 Å². The zero-order valence-corrected chi connectivity index (χ0v) is 11.1. The fourth-order valence-corrected chi connectivity index (χ4v) is 2.20. The number of likely N-dealkylation sites (N-methyl/N-ethyl adjacent to an activating group) is 1. The van der Waals surface area contributed by atoms with E-state index in [9.17, 15) is 0 Å². The highest BCUT2D eigenvalue weighted by Crippen LogP contribution is 2.24. The van der Waals surface area contributed by atoms with Gasteiger partial charge in [0.2, 0.25) is 0 Å². The molecule has 1 aromatic carbocycles. The summed E-state index contributed by atoms with van der Waals surface area (Å²) in [6, 6.07) is 8.70. The molecule has 0 aliphatic rings. The van der Waals surface area contributed by atoms with Crippen LogP contribution in [0.2, 0.25) is 0 Å². The number of hydrogen-bond donors (Lipinski definition) is 2. The molecule has 17 heavy (non-hydrogen) atoms. The Labute approximate surface area is 104 Å². The Morgan fingerprint density at radius 1 is 1.41 bits per heavy atom. The van der Waals surface area contributed by atoms with Gasteiger partial charge < -0.3 is 10.8 Å². The predicted octanol–water partition coefficient (Wildman–Crippen LogP) is 1.70. The van der Waals surface area contributed by atoms with Gasteiger partial charge in [-0.3, -0.25) is 4.90 Å². The standard InChI is InChI=1S/C14H24N2O/c1-4-13(15)14(16(3)8-9-17)12-7-5-6-11(2)10-12/h5-7,10,13-14,17H,4,8-9,15H2,1-3H3. The minimum Gasteiger partial charge on any atom is -0.395 e. The summed E-state index contributed by atoms with van der Waals surface area (Å²) in [5, 5.41) is 9.06. The number of nitrogens with two attached hydrogens (primary N) is 1. The fraction of sp³-hybridized carbons (Fsp3) is 0.571. The van der Waals surface area contributed by atoms with Gasteiger partial charge >= 0.3 is 0 Å². The van der Waals surface area contributed by atoms with Crippen molar-refractivity contribution in [2.75, 3.05) is 20.2 Å². The topological polar surface area (TPSA) is 49.5 Å². The summed E-state index contributed by atoms with van der Waals surface area (Å²) >= 11 is 0. The summed E-state index contributed by atoms with van der Waals surface area (Å²) in [6.45, 7) is 4.99. The smallest absolute Gasteiger partial charge is 0.0558 e. The first kappa shape index (κ1) is 14.2. The van der Waals surface area contributed by atoms with Gasteiger partial charge in [-0.15, -0.1) is 0 Å². The molecule has 3 nitrogen and oxygen atoms in total. The van der Waals surface area contributed by atoms with E-state index in [0.29, 0.717) is 6.54 Å². The van der Waals surface area contributed by atoms with Crippen molar-refractivity contribution in [1.29, 1.82) is 0 Å². The number of aliphatic hydroxyl groups is 1. The third kappa shape index (κ3) is 3.80. The highest BCUT2D eigenvalue weighted by Gasteiger charge is 2.22. The van der Waals surface area contributed by atoms with Crippen LogP contribution < -0.4 is 5.73 Å². The summed E-state index contributed by atoms with van der Waals surface area (Å²) in [6.07, 6.45) is 0.925. The lowest BCUT2D eigenvalue weighted by Gasteiger charge is -2.32. The van der Waals surface area contributed by atoms with Crippen LogP contribution in [0, 0.1) is 6.92 Å². The third-order valence-corrected chi connectivity index (χ3v) is 3.19. The number of rotatable bonds is 6.